The Morgan fingerprint density at radius 2 is 1.36 bits per heavy atom. The van der Waals surface area contributed by atoms with Gasteiger partial charge in [0.2, 0.25) is 59.1 Å². The monoisotopic (exact) mass is 1090 g/mol. The van der Waals surface area contributed by atoms with Crippen molar-refractivity contribution in [2.24, 2.45) is 40.9 Å². The molecule has 1 saturated heterocycles. The average molecular weight is 1090 g/mol. The lowest BCUT2D eigenvalue weighted by atomic mass is 9.96. The number of carbonyl (C=O) groups excluding carboxylic acids is 10. The molecule has 428 valence electrons. The van der Waals surface area contributed by atoms with E-state index in [4.69, 9.17) is 17.2 Å². The quantitative estimate of drug-likeness (QED) is 0.0253. The van der Waals surface area contributed by atoms with Gasteiger partial charge in [-0.3, -0.25) is 52.7 Å². The van der Waals surface area contributed by atoms with E-state index >= 15 is 0 Å². The van der Waals surface area contributed by atoms with Crippen LogP contribution in [0.5, 0.6) is 0 Å². The van der Waals surface area contributed by atoms with Crippen LogP contribution in [0.15, 0.2) is 12.5 Å². The Hall–Kier alpha value is -6.35. The highest BCUT2D eigenvalue weighted by Gasteiger charge is 2.41. The zero-order valence-corrected chi connectivity index (χ0v) is 46.0. The first kappa shape index (κ1) is 65.8. The number of imidazole rings is 1. The fourth-order valence-electron chi connectivity index (χ4n) is 8.30. The average Bonchev–Trinajstić information content (AvgIpc) is 4.08. The lowest BCUT2D eigenvalue weighted by Crippen LogP contribution is -2.61. The number of thiol groups is 1. The first-order chi connectivity index (χ1) is 35.8. The highest BCUT2D eigenvalue weighted by Crippen LogP contribution is 2.21. The number of nitrogens with two attached hydrogens (primary N) is 3. The summed E-state index contributed by atoms with van der Waals surface area (Å²) in [5.74, 6) is -10.1. The molecule has 0 saturated carbocycles. The largest absolute Gasteiger partial charge is 0.481 e. The number of aromatic nitrogens is 2. The van der Waals surface area contributed by atoms with Crippen molar-refractivity contribution in [3.8, 4) is 0 Å². The van der Waals surface area contributed by atoms with Crippen LogP contribution in [0.1, 0.15) is 119 Å². The maximum Gasteiger partial charge on any atom is 0.303 e. The van der Waals surface area contributed by atoms with Crippen molar-refractivity contribution in [2.45, 2.75) is 174 Å². The third kappa shape index (κ3) is 21.7. The van der Waals surface area contributed by atoms with Crippen molar-refractivity contribution in [3.05, 3.63) is 18.2 Å². The predicted octanol–water partition coefficient (Wildman–Crippen LogP) is -2.41. The second-order valence-electron chi connectivity index (χ2n) is 20.4. The van der Waals surface area contributed by atoms with Crippen LogP contribution >= 0.6 is 12.6 Å². The molecule has 1 aromatic rings. The van der Waals surface area contributed by atoms with E-state index in [9.17, 15) is 57.8 Å². The van der Waals surface area contributed by atoms with E-state index in [-0.39, 0.29) is 62.3 Å². The summed E-state index contributed by atoms with van der Waals surface area (Å²) in [5, 5.41) is 30.7. The second-order valence-corrected chi connectivity index (χ2v) is 20.7. The van der Waals surface area contributed by atoms with Gasteiger partial charge in [-0.1, -0.05) is 61.8 Å². The highest BCUT2D eigenvalue weighted by atomic mass is 32.1. The maximum atomic E-state index is 14.5. The van der Waals surface area contributed by atoms with Crippen molar-refractivity contribution in [2.75, 3.05) is 25.4 Å². The van der Waals surface area contributed by atoms with Crippen molar-refractivity contribution in [1.82, 2.24) is 57.4 Å². The number of aromatic amines is 1. The van der Waals surface area contributed by atoms with Gasteiger partial charge in [-0.25, -0.2) is 4.98 Å². The maximum absolute atomic E-state index is 14.5. The van der Waals surface area contributed by atoms with Gasteiger partial charge in [-0.05, 0) is 75.2 Å². The van der Waals surface area contributed by atoms with E-state index in [1.165, 1.54) is 17.4 Å². The fraction of sp³-hybridized carbons (Fsp3) is 0.714. The van der Waals surface area contributed by atoms with Gasteiger partial charge < -0.3 is 74.7 Å². The Morgan fingerprint density at radius 3 is 1.91 bits per heavy atom. The van der Waals surface area contributed by atoms with Crippen molar-refractivity contribution >= 4 is 77.7 Å². The minimum absolute atomic E-state index is 0.0244. The number of nitrogens with one attached hydrogen (secondary N) is 9. The smallest absolute Gasteiger partial charge is 0.303 e. The van der Waals surface area contributed by atoms with Crippen molar-refractivity contribution in [3.63, 3.8) is 0 Å². The molecule has 16 N–H and O–H groups in total. The Kier molecular flexibility index (Phi) is 28.5. The first-order valence-electron chi connectivity index (χ1n) is 26.0. The molecule has 10 amide bonds. The molecule has 0 unspecified atom stereocenters. The summed E-state index contributed by atoms with van der Waals surface area (Å²) in [6.45, 7) is 13.6. The zero-order valence-electron chi connectivity index (χ0n) is 45.1. The van der Waals surface area contributed by atoms with Gasteiger partial charge in [0.05, 0.1) is 18.9 Å². The minimum atomic E-state index is -1.50. The topological polar surface area (TPSA) is 414 Å². The summed E-state index contributed by atoms with van der Waals surface area (Å²) in [4.78, 5) is 155. The molecule has 0 spiro atoms. The van der Waals surface area contributed by atoms with Crippen LogP contribution in [0.3, 0.4) is 0 Å². The highest BCUT2D eigenvalue weighted by molar-refractivity contribution is 7.80. The number of hydrogen-bond acceptors (Lipinski definition) is 15. The predicted molar refractivity (Wildman–Crippen MR) is 283 cm³/mol. The van der Waals surface area contributed by atoms with Gasteiger partial charge in [0.15, 0.2) is 0 Å². The number of likely N-dealkylation sites (tertiary alicyclic amines) is 1. The molecular weight excluding hydrogens is 1010 g/mol. The molecule has 1 aliphatic rings. The number of nitrogens with zero attached hydrogens (tertiary/aromatic N) is 2. The number of hydrogen-bond donors (Lipinski definition) is 14. The van der Waals surface area contributed by atoms with Gasteiger partial charge in [-0.2, -0.15) is 12.6 Å². The van der Waals surface area contributed by atoms with Crippen LogP contribution in [-0.2, 0) is 59.2 Å². The second kappa shape index (κ2) is 32.9. The molecule has 0 aliphatic carbocycles. The van der Waals surface area contributed by atoms with Crippen LogP contribution in [0.25, 0.3) is 0 Å². The third-order valence-electron chi connectivity index (χ3n) is 12.9. The number of primary amides is 1. The number of aliphatic carboxylic acids is 1. The minimum Gasteiger partial charge on any atom is -0.481 e. The molecule has 0 radical (unpaired) electrons. The van der Waals surface area contributed by atoms with Crippen molar-refractivity contribution < 1.29 is 57.8 Å². The summed E-state index contributed by atoms with van der Waals surface area (Å²) >= 11 is 4.07. The molecule has 2 heterocycles. The normalized spacial score (nSPS) is 16.9. The first-order valence-corrected chi connectivity index (χ1v) is 26.6. The van der Waals surface area contributed by atoms with Crippen LogP contribution in [0, 0.1) is 23.7 Å². The number of H-pyrrole nitrogens is 1. The van der Waals surface area contributed by atoms with E-state index in [1.54, 1.807) is 34.6 Å². The van der Waals surface area contributed by atoms with Crippen LogP contribution in [0.2, 0.25) is 0 Å². The van der Waals surface area contributed by atoms with Crippen LogP contribution in [-0.4, -0.2) is 165 Å². The molecule has 10 atom stereocenters. The molecule has 26 nitrogen and oxygen atoms in total. The molecule has 1 fully saturated rings. The molecule has 1 aromatic heterocycles. The van der Waals surface area contributed by atoms with E-state index in [2.05, 4.69) is 65.1 Å². The van der Waals surface area contributed by atoms with E-state index in [0.29, 0.717) is 31.4 Å². The molecule has 0 bridgehead atoms. The molecule has 76 heavy (non-hydrogen) atoms. The number of amides is 10. The zero-order chi connectivity index (χ0) is 57.4. The number of carboxylic acids is 1. The van der Waals surface area contributed by atoms with Crippen LogP contribution < -0.4 is 59.7 Å². The summed E-state index contributed by atoms with van der Waals surface area (Å²) in [5.41, 5.74) is 17.5. The SMILES string of the molecule is CC[C@H](C)[C@H](NC(=O)[C@@H](N)CS)C(=O)N[C@@H](CC(C)C)C(=O)N[C@@H](CCCCN)C(=O)N[C@@H](CCC(=O)O)C(=O)N1CCC[C@H]1C(=O)N[C@H](C(=O)N[C@@H](Cc1cnc[nH]1)C(=O)NCC(=O)N[C@H](C(N)=O)C(C)C)C(C)C. The van der Waals surface area contributed by atoms with Gasteiger partial charge in [0.25, 0.3) is 0 Å². The lowest BCUT2D eigenvalue weighted by Gasteiger charge is -2.32. The number of rotatable bonds is 34. The Labute approximate surface area is 450 Å². The molecule has 27 heteroatoms. The summed E-state index contributed by atoms with van der Waals surface area (Å²) in [6.07, 6.45) is 3.62. The summed E-state index contributed by atoms with van der Waals surface area (Å²) in [7, 11) is 0. The molecule has 2 rings (SSSR count). The summed E-state index contributed by atoms with van der Waals surface area (Å²) in [6, 6.07) is -10.8. The van der Waals surface area contributed by atoms with Gasteiger partial charge in [-0.15, -0.1) is 0 Å². The summed E-state index contributed by atoms with van der Waals surface area (Å²) < 4.78 is 0. The van der Waals surface area contributed by atoms with Crippen molar-refractivity contribution in [1.29, 1.82) is 0 Å². The van der Waals surface area contributed by atoms with Gasteiger partial charge in [0, 0.05) is 37.0 Å². The van der Waals surface area contributed by atoms with Gasteiger partial charge in [0.1, 0.15) is 48.3 Å². The fourth-order valence-corrected chi connectivity index (χ4v) is 8.46. The Bertz CT molecular complexity index is 2130. The van der Waals surface area contributed by atoms with E-state index in [0.717, 1.165) is 0 Å². The number of unbranched alkanes of at least 4 members (excludes halogenated alkanes) is 1. The number of carboxylic acid groups (broad SMARTS) is 1. The van der Waals surface area contributed by atoms with Gasteiger partial charge >= 0.3 is 5.97 Å². The third-order valence-corrected chi connectivity index (χ3v) is 13.3. The Balaban J connectivity index is 2.37. The Morgan fingerprint density at radius 1 is 0.750 bits per heavy atom. The van der Waals surface area contributed by atoms with E-state index < -0.39 is 145 Å². The molecular formula is C49H84N14O12S. The lowest BCUT2D eigenvalue weighted by molar-refractivity contribution is -0.144. The molecule has 0 aromatic carbocycles. The number of carbonyl (C=O) groups is 11. The van der Waals surface area contributed by atoms with E-state index in [1.807, 2.05) is 20.8 Å². The van der Waals surface area contributed by atoms with Crippen LogP contribution in [0.4, 0.5) is 0 Å². The molecule has 1 aliphatic heterocycles. The standard InChI is InChI=1S/C49H84N14O12S/c1-9-28(8)40(62-42(68)30(51)23-76)48(74)58-33(19-25(2)3)45(71)56-31(13-10-11-17-50)44(70)57-32(15-16-37(65)66)49(75)63-18-12-14-35(63)46(72)61-39(27(6)7)47(73)59-34(20-29-21-53-24-55-29)43(69)54-22-36(64)60-38(26(4)5)41(52)67/h21,24-28,30-35,38-40,76H,9-20,22-23,50-51H2,1-8H3,(H2,52,67)(H,53,55)(H,54,69)(H,56,71)(H,57,70)(H,58,74)(H,59,73)(H,60,64)(H,61,72)(H,62,68)(H,65,66)/t28-,30-,31-,32-,33-,34-,35-,38-,39-,40-/m0/s1.